The zero-order chi connectivity index (χ0) is 12.5. The Balaban J connectivity index is 2.31. The molecule has 0 spiro atoms. The predicted octanol–water partition coefficient (Wildman–Crippen LogP) is 0.848. The minimum atomic E-state index is 0.267. The predicted molar refractivity (Wildman–Crippen MR) is 70.3 cm³/mol. The Kier molecular flexibility index (Phi) is 7.77. The molecule has 0 saturated carbocycles. The molecular weight excluding hydrogens is 216 g/mol. The Morgan fingerprint density at radius 2 is 2.29 bits per heavy atom. The van der Waals surface area contributed by atoms with Crippen molar-refractivity contribution in [1.82, 2.24) is 10.2 Å². The molecule has 0 aliphatic carbocycles. The highest BCUT2D eigenvalue weighted by molar-refractivity contribution is 4.76. The zero-order valence-electron chi connectivity index (χ0n) is 11.3. The third-order valence-electron chi connectivity index (χ3n) is 3.32. The number of hydrogen-bond donors (Lipinski definition) is 2. The van der Waals surface area contributed by atoms with Crippen molar-refractivity contribution in [3.05, 3.63) is 0 Å². The summed E-state index contributed by atoms with van der Waals surface area (Å²) in [7, 11) is 0. The number of morpholine rings is 1. The lowest BCUT2D eigenvalue weighted by Crippen LogP contribution is -2.48. The Labute approximate surface area is 105 Å². The van der Waals surface area contributed by atoms with Crippen LogP contribution in [-0.4, -0.2) is 61.5 Å². The van der Waals surface area contributed by atoms with E-state index in [0.29, 0.717) is 12.1 Å². The molecule has 1 fully saturated rings. The molecule has 4 heteroatoms. The number of aliphatic hydroxyl groups is 1. The van der Waals surface area contributed by atoms with Gasteiger partial charge in [0.2, 0.25) is 0 Å². The Bertz CT molecular complexity index is 188. The fourth-order valence-corrected chi connectivity index (χ4v) is 2.27. The molecular formula is C13H28N2O2. The van der Waals surface area contributed by atoms with Crippen LogP contribution in [0.25, 0.3) is 0 Å². The number of ether oxygens (including phenoxy) is 1. The first-order valence-electron chi connectivity index (χ1n) is 6.98. The maximum absolute atomic E-state index is 9.08. The molecule has 2 N–H and O–H groups in total. The summed E-state index contributed by atoms with van der Waals surface area (Å²) in [5, 5.41) is 12.6. The van der Waals surface area contributed by atoms with Crippen LogP contribution in [0.4, 0.5) is 0 Å². The number of nitrogens with one attached hydrogen (secondary N) is 1. The van der Waals surface area contributed by atoms with E-state index in [0.717, 1.165) is 52.0 Å². The number of hydrogen-bond acceptors (Lipinski definition) is 4. The topological polar surface area (TPSA) is 44.7 Å². The van der Waals surface area contributed by atoms with Crippen molar-refractivity contribution in [2.24, 2.45) is 0 Å². The Morgan fingerprint density at radius 1 is 1.47 bits per heavy atom. The van der Waals surface area contributed by atoms with Crippen LogP contribution in [0.15, 0.2) is 0 Å². The summed E-state index contributed by atoms with van der Waals surface area (Å²) in [6.45, 7) is 9.58. The monoisotopic (exact) mass is 244 g/mol. The van der Waals surface area contributed by atoms with Crippen LogP contribution in [0.1, 0.15) is 33.1 Å². The molecule has 1 heterocycles. The maximum Gasteiger partial charge on any atom is 0.0700 e. The van der Waals surface area contributed by atoms with Crippen molar-refractivity contribution in [1.29, 1.82) is 0 Å². The molecule has 0 aromatic rings. The van der Waals surface area contributed by atoms with E-state index in [1.165, 1.54) is 0 Å². The van der Waals surface area contributed by atoms with Gasteiger partial charge in [-0.15, -0.1) is 0 Å². The fraction of sp³-hybridized carbons (Fsp3) is 1.00. The highest BCUT2D eigenvalue weighted by Crippen LogP contribution is 2.09. The van der Waals surface area contributed by atoms with Gasteiger partial charge >= 0.3 is 0 Å². The molecule has 2 atom stereocenters. The van der Waals surface area contributed by atoms with E-state index in [9.17, 15) is 0 Å². The van der Waals surface area contributed by atoms with Crippen LogP contribution in [-0.2, 0) is 4.74 Å². The molecule has 1 saturated heterocycles. The van der Waals surface area contributed by atoms with Crippen LogP contribution >= 0.6 is 0 Å². The van der Waals surface area contributed by atoms with Crippen molar-refractivity contribution < 1.29 is 9.84 Å². The van der Waals surface area contributed by atoms with Crippen molar-refractivity contribution >= 4 is 0 Å². The molecule has 0 bridgehead atoms. The number of nitrogens with zero attached hydrogens (tertiary/aromatic N) is 1. The molecule has 4 nitrogen and oxygen atoms in total. The van der Waals surface area contributed by atoms with Crippen LogP contribution in [0.3, 0.4) is 0 Å². The quantitative estimate of drug-likeness (QED) is 0.664. The molecule has 1 aliphatic heterocycles. The van der Waals surface area contributed by atoms with Gasteiger partial charge in [-0.1, -0.05) is 13.8 Å². The summed E-state index contributed by atoms with van der Waals surface area (Å²) in [6.07, 6.45) is 3.46. The van der Waals surface area contributed by atoms with Gasteiger partial charge in [0.1, 0.15) is 0 Å². The minimum absolute atomic E-state index is 0.267. The second-order valence-corrected chi connectivity index (χ2v) is 4.82. The molecule has 17 heavy (non-hydrogen) atoms. The first kappa shape index (κ1) is 14.9. The van der Waals surface area contributed by atoms with Gasteiger partial charge in [0.25, 0.3) is 0 Å². The lowest BCUT2D eigenvalue weighted by atomic mass is 10.1. The van der Waals surface area contributed by atoms with Crippen molar-refractivity contribution in [3.8, 4) is 0 Å². The summed E-state index contributed by atoms with van der Waals surface area (Å²) in [5.41, 5.74) is 0. The van der Waals surface area contributed by atoms with Gasteiger partial charge in [-0.2, -0.15) is 0 Å². The van der Waals surface area contributed by atoms with Crippen molar-refractivity contribution in [2.75, 3.05) is 39.4 Å². The van der Waals surface area contributed by atoms with E-state index in [4.69, 9.17) is 9.84 Å². The normalized spacial score (nSPS) is 23.8. The SMILES string of the molecule is CCCNC(CCO)CN1CCOC(CC)C1. The first-order valence-corrected chi connectivity index (χ1v) is 6.98. The summed E-state index contributed by atoms with van der Waals surface area (Å²) in [5.74, 6) is 0. The number of aliphatic hydroxyl groups excluding tert-OH is 1. The van der Waals surface area contributed by atoms with E-state index in [1.54, 1.807) is 0 Å². The summed E-state index contributed by atoms with van der Waals surface area (Å²) >= 11 is 0. The lowest BCUT2D eigenvalue weighted by Gasteiger charge is -2.35. The van der Waals surface area contributed by atoms with Crippen LogP contribution in [0.2, 0.25) is 0 Å². The highest BCUT2D eigenvalue weighted by Gasteiger charge is 2.21. The molecule has 102 valence electrons. The Morgan fingerprint density at radius 3 is 2.94 bits per heavy atom. The molecule has 1 rings (SSSR count). The third kappa shape index (κ3) is 5.82. The van der Waals surface area contributed by atoms with E-state index in [1.807, 2.05) is 0 Å². The van der Waals surface area contributed by atoms with Crippen LogP contribution in [0.5, 0.6) is 0 Å². The third-order valence-corrected chi connectivity index (χ3v) is 3.32. The minimum Gasteiger partial charge on any atom is -0.396 e. The van der Waals surface area contributed by atoms with E-state index in [2.05, 4.69) is 24.1 Å². The van der Waals surface area contributed by atoms with Crippen LogP contribution in [0, 0.1) is 0 Å². The molecule has 0 radical (unpaired) electrons. The second kappa shape index (κ2) is 8.86. The second-order valence-electron chi connectivity index (χ2n) is 4.82. The standard InChI is InChI=1S/C13H28N2O2/c1-3-6-14-12(5-8-16)10-15-7-9-17-13(4-2)11-15/h12-14,16H,3-11H2,1-2H3. The Hall–Kier alpha value is -0.160. The summed E-state index contributed by atoms with van der Waals surface area (Å²) in [4.78, 5) is 2.46. The van der Waals surface area contributed by atoms with Gasteiger partial charge in [-0.25, -0.2) is 0 Å². The molecule has 0 aromatic heterocycles. The van der Waals surface area contributed by atoms with Crippen LogP contribution < -0.4 is 5.32 Å². The lowest BCUT2D eigenvalue weighted by molar-refractivity contribution is -0.0327. The maximum atomic E-state index is 9.08. The van der Waals surface area contributed by atoms with E-state index >= 15 is 0 Å². The van der Waals surface area contributed by atoms with E-state index in [-0.39, 0.29) is 6.61 Å². The summed E-state index contributed by atoms with van der Waals surface area (Å²) in [6, 6.07) is 0.413. The van der Waals surface area contributed by atoms with Gasteiger partial charge in [0.15, 0.2) is 0 Å². The van der Waals surface area contributed by atoms with Gasteiger partial charge in [-0.05, 0) is 25.8 Å². The molecule has 1 aliphatic rings. The highest BCUT2D eigenvalue weighted by atomic mass is 16.5. The number of rotatable bonds is 8. The molecule has 0 aromatic carbocycles. The van der Waals surface area contributed by atoms with Gasteiger partial charge in [0.05, 0.1) is 12.7 Å². The molecule has 2 unspecified atom stereocenters. The average Bonchev–Trinajstić information content (AvgIpc) is 2.36. The van der Waals surface area contributed by atoms with Crippen molar-refractivity contribution in [3.63, 3.8) is 0 Å². The van der Waals surface area contributed by atoms with Gasteiger partial charge in [0, 0.05) is 32.3 Å². The first-order chi connectivity index (χ1) is 8.30. The molecule has 0 amide bonds. The average molecular weight is 244 g/mol. The summed E-state index contributed by atoms with van der Waals surface area (Å²) < 4.78 is 5.67. The van der Waals surface area contributed by atoms with E-state index < -0.39 is 0 Å². The zero-order valence-corrected chi connectivity index (χ0v) is 11.3. The largest absolute Gasteiger partial charge is 0.396 e. The van der Waals surface area contributed by atoms with Crippen molar-refractivity contribution in [2.45, 2.75) is 45.3 Å². The van der Waals surface area contributed by atoms with Gasteiger partial charge < -0.3 is 15.2 Å². The fourth-order valence-electron chi connectivity index (χ4n) is 2.27. The smallest absolute Gasteiger partial charge is 0.0700 e. The van der Waals surface area contributed by atoms with Gasteiger partial charge in [-0.3, -0.25) is 4.90 Å².